The van der Waals surface area contributed by atoms with Crippen molar-refractivity contribution in [2.24, 2.45) is 5.92 Å². The molecule has 0 heterocycles. The number of rotatable bonds is 7. The molecule has 0 aromatic rings. The first-order valence-electron chi connectivity index (χ1n) is 8.13. The summed E-state index contributed by atoms with van der Waals surface area (Å²) >= 11 is 0. The van der Waals surface area contributed by atoms with Gasteiger partial charge in [0.2, 0.25) is 0 Å². The Balaban J connectivity index is 1.71. The molecule has 114 valence electrons. The molecule has 2 aliphatic carbocycles. The zero-order valence-electron chi connectivity index (χ0n) is 13.3. The molecule has 2 fully saturated rings. The molecule has 2 rings (SSSR count). The first kappa shape index (κ1) is 15.4. The van der Waals surface area contributed by atoms with E-state index in [0.29, 0.717) is 11.7 Å². The molecule has 0 unspecified atom stereocenters. The zero-order valence-corrected chi connectivity index (χ0v) is 13.3. The molecule has 0 spiro atoms. The van der Waals surface area contributed by atoms with Gasteiger partial charge in [-0.2, -0.15) is 0 Å². The number of allylic oxidation sites excluding steroid dienone is 1. The standard InChI is InChI=1S/C17H29NO2/c1-17(2,3)20-16(14-9-5-10-14)18-12-6-11-15(19)13-7-4-8-13/h13,18H,4-12H2,1-3H3. The molecule has 0 aliphatic heterocycles. The Morgan fingerprint density at radius 2 is 1.95 bits per heavy atom. The molecule has 0 aromatic carbocycles. The molecule has 0 bridgehead atoms. The quantitative estimate of drug-likeness (QED) is 0.567. The van der Waals surface area contributed by atoms with Gasteiger partial charge in [0.1, 0.15) is 11.4 Å². The summed E-state index contributed by atoms with van der Waals surface area (Å²) in [4.78, 5) is 11.8. The summed E-state index contributed by atoms with van der Waals surface area (Å²) in [5, 5.41) is 3.41. The van der Waals surface area contributed by atoms with E-state index in [-0.39, 0.29) is 5.60 Å². The fraction of sp³-hybridized carbons (Fsp3) is 0.824. The summed E-state index contributed by atoms with van der Waals surface area (Å²) in [5.74, 6) is 1.82. The van der Waals surface area contributed by atoms with Gasteiger partial charge in [0.25, 0.3) is 0 Å². The molecule has 1 N–H and O–H groups in total. The van der Waals surface area contributed by atoms with Gasteiger partial charge in [0, 0.05) is 18.9 Å². The molecule has 0 radical (unpaired) electrons. The van der Waals surface area contributed by atoms with Crippen molar-refractivity contribution in [1.29, 1.82) is 0 Å². The minimum Gasteiger partial charge on any atom is -0.474 e. The Morgan fingerprint density at radius 1 is 1.25 bits per heavy atom. The van der Waals surface area contributed by atoms with Crippen LogP contribution in [0.1, 0.15) is 72.1 Å². The molecule has 0 saturated heterocycles. The van der Waals surface area contributed by atoms with Crippen molar-refractivity contribution in [3.63, 3.8) is 0 Å². The maximum Gasteiger partial charge on any atom is 0.186 e. The van der Waals surface area contributed by atoms with Crippen LogP contribution in [0.4, 0.5) is 0 Å². The Morgan fingerprint density at radius 3 is 2.40 bits per heavy atom. The number of ether oxygens (including phenoxy) is 1. The van der Waals surface area contributed by atoms with Crippen LogP contribution in [0.5, 0.6) is 0 Å². The second-order valence-corrected chi connectivity index (χ2v) is 7.13. The van der Waals surface area contributed by atoms with E-state index in [1.165, 1.54) is 18.4 Å². The lowest BCUT2D eigenvalue weighted by atomic mass is 9.81. The monoisotopic (exact) mass is 279 g/mol. The molecule has 20 heavy (non-hydrogen) atoms. The van der Waals surface area contributed by atoms with Crippen LogP contribution in [-0.2, 0) is 9.53 Å². The molecule has 2 saturated carbocycles. The third-order valence-corrected chi connectivity index (χ3v) is 4.13. The van der Waals surface area contributed by atoms with E-state index >= 15 is 0 Å². The van der Waals surface area contributed by atoms with Crippen molar-refractivity contribution in [3.05, 3.63) is 11.5 Å². The van der Waals surface area contributed by atoms with E-state index in [1.807, 2.05) is 0 Å². The van der Waals surface area contributed by atoms with Crippen molar-refractivity contribution in [3.8, 4) is 0 Å². The topological polar surface area (TPSA) is 38.3 Å². The summed E-state index contributed by atoms with van der Waals surface area (Å²) < 4.78 is 6.01. The number of hydrogen-bond donors (Lipinski definition) is 1. The van der Waals surface area contributed by atoms with E-state index in [0.717, 1.165) is 51.0 Å². The molecule has 0 amide bonds. The number of carbonyl (C=O) groups is 1. The molecular weight excluding hydrogens is 250 g/mol. The van der Waals surface area contributed by atoms with Gasteiger partial charge < -0.3 is 10.1 Å². The maximum atomic E-state index is 11.8. The van der Waals surface area contributed by atoms with Crippen LogP contribution in [0.15, 0.2) is 11.5 Å². The highest BCUT2D eigenvalue weighted by molar-refractivity contribution is 5.81. The lowest BCUT2D eigenvalue weighted by molar-refractivity contribution is -0.125. The lowest BCUT2D eigenvalue weighted by Gasteiger charge is -2.29. The number of Topliss-reactive ketones (excluding diaryl/α,β-unsaturated/α-hetero) is 1. The highest BCUT2D eigenvalue weighted by Gasteiger charge is 2.24. The molecule has 3 nitrogen and oxygen atoms in total. The SMILES string of the molecule is CC(C)(C)OC(NCCCC(=O)C1CCC1)=C1CCC1. The largest absolute Gasteiger partial charge is 0.474 e. The second kappa shape index (κ2) is 6.64. The molecule has 0 atom stereocenters. The van der Waals surface area contributed by atoms with Crippen LogP contribution in [0, 0.1) is 5.92 Å². The number of ketones is 1. The van der Waals surface area contributed by atoms with Crippen molar-refractivity contribution in [2.75, 3.05) is 6.54 Å². The van der Waals surface area contributed by atoms with Crippen molar-refractivity contribution < 1.29 is 9.53 Å². The average Bonchev–Trinajstić information content (AvgIpc) is 2.16. The van der Waals surface area contributed by atoms with Gasteiger partial charge in [-0.05, 0) is 64.9 Å². The Labute approximate surface area is 123 Å². The van der Waals surface area contributed by atoms with Gasteiger partial charge in [0.05, 0.1) is 0 Å². The van der Waals surface area contributed by atoms with Crippen molar-refractivity contribution in [2.45, 2.75) is 77.7 Å². The van der Waals surface area contributed by atoms with E-state index < -0.39 is 0 Å². The Kier molecular flexibility index (Phi) is 5.11. The third-order valence-electron chi connectivity index (χ3n) is 4.13. The number of nitrogens with one attached hydrogen (secondary N) is 1. The second-order valence-electron chi connectivity index (χ2n) is 7.13. The summed E-state index contributed by atoms with van der Waals surface area (Å²) in [6.45, 7) is 7.07. The molecule has 0 aromatic heterocycles. The van der Waals surface area contributed by atoms with Crippen LogP contribution < -0.4 is 5.32 Å². The zero-order chi connectivity index (χ0) is 14.6. The average molecular weight is 279 g/mol. The van der Waals surface area contributed by atoms with Crippen molar-refractivity contribution >= 4 is 5.78 Å². The van der Waals surface area contributed by atoms with Gasteiger partial charge in [-0.15, -0.1) is 0 Å². The van der Waals surface area contributed by atoms with E-state index in [4.69, 9.17) is 4.74 Å². The first-order valence-corrected chi connectivity index (χ1v) is 8.13. The molecule has 3 heteroatoms. The van der Waals surface area contributed by atoms with E-state index in [1.54, 1.807) is 0 Å². The summed E-state index contributed by atoms with van der Waals surface area (Å²) in [7, 11) is 0. The normalized spacial score (nSPS) is 19.1. The number of hydrogen-bond acceptors (Lipinski definition) is 3. The van der Waals surface area contributed by atoms with Gasteiger partial charge in [-0.25, -0.2) is 0 Å². The van der Waals surface area contributed by atoms with Gasteiger partial charge in [-0.1, -0.05) is 6.42 Å². The minimum absolute atomic E-state index is 0.160. The van der Waals surface area contributed by atoms with Gasteiger partial charge >= 0.3 is 0 Å². The molecule has 2 aliphatic rings. The predicted octanol–water partition coefficient (Wildman–Crippen LogP) is 3.94. The first-order chi connectivity index (χ1) is 9.46. The Bertz CT molecular complexity index is 369. The van der Waals surface area contributed by atoms with E-state index in [9.17, 15) is 4.79 Å². The van der Waals surface area contributed by atoms with E-state index in [2.05, 4.69) is 26.1 Å². The smallest absolute Gasteiger partial charge is 0.186 e. The highest BCUT2D eigenvalue weighted by atomic mass is 16.5. The van der Waals surface area contributed by atoms with Crippen LogP contribution in [0.3, 0.4) is 0 Å². The fourth-order valence-corrected chi connectivity index (χ4v) is 2.52. The molecular formula is C17H29NO2. The highest BCUT2D eigenvalue weighted by Crippen LogP contribution is 2.30. The Hall–Kier alpha value is -0.990. The van der Waals surface area contributed by atoms with Crippen LogP contribution >= 0.6 is 0 Å². The third kappa shape index (κ3) is 4.53. The predicted molar refractivity (Wildman–Crippen MR) is 81.3 cm³/mol. The van der Waals surface area contributed by atoms with Gasteiger partial charge in [-0.3, -0.25) is 4.79 Å². The van der Waals surface area contributed by atoms with Crippen LogP contribution in [-0.4, -0.2) is 17.9 Å². The summed E-state index contributed by atoms with van der Waals surface area (Å²) in [6.07, 6.45) is 8.69. The summed E-state index contributed by atoms with van der Waals surface area (Å²) in [5.41, 5.74) is 1.25. The summed E-state index contributed by atoms with van der Waals surface area (Å²) in [6, 6.07) is 0. The van der Waals surface area contributed by atoms with Crippen LogP contribution in [0.25, 0.3) is 0 Å². The van der Waals surface area contributed by atoms with Gasteiger partial charge in [0.15, 0.2) is 5.88 Å². The maximum absolute atomic E-state index is 11.8. The lowest BCUT2D eigenvalue weighted by Crippen LogP contribution is -2.29. The number of carbonyl (C=O) groups excluding carboxylic acids is 1. The van der Waals surface area contributed by atoms with Crippen LogP contribution in [0.2, 0.25) is 0 Å². The minimum atomic E-state index is -0.160. The fourth-order valence-electron chi connectivity index (χ4n) is 2.52. The van der Waals surface area contributed by atoms with Crippen molar-refractivity contribution in [1.82, 2.24) is 5.32 Å².